The minimum absolute atomic E-state index is 0.119. The lowest BCUT2D eigenvalue weighted by Gasteiger charge is -2.11. The van der Waals surface area contributed by atoms with Gasteiger partial charge in [0.05, 0.1) is 30.9 Å². The van der Waals surface area contributed by atoms with Crippen molar-refractivity contribution in [2.75, 3.05) is 20.3 Å². The van der Waals surface area contributed by atoms with Crippen LogP contribution in [0.25, 0.3) is 6.08 Å². The van der Waals surface area contributed by atoms with Crippen molar-refractivity contribution in [1.82, 2.24) is 4.90 Å². The molecule has 0 saturated carbocycles. The monoisotopic (exact) mass is 332 g/mol. The van der Waals surface area contributed by atoms with E-state index in [0.29, 0.717) is 12.2 Å². The normalized spacial score (nSPS) is 17.3. The van der Waals surface area contributed by atoms with Crippen LogP contribution in [0.1, 0.15) is 12.0 Å². The number of methoxy groups -OCH3 is 1. The first-order valence-corrected chi connectivity index (χ1v) is 7.53. The standard InChI is InChI=1S/C17H17ClN2O3/c1-23-10-9-20-16(21)11-14(17(20)22)7-4-6-13-5-2-3-8-15(13)19-12-18/h2-8,12H,9-11H2,1H3/b6-4+,14-7-,19-12?. The van der Waals surface area contributed by atoms with Crippen molar-refractivity contribution in [3.05, 3.63) is 47.6 Å². The number of carbonyl (C=O) groups excluding carboxylic acids is 2. The molecule has 2 rings (SSSR count). The maximum atomic E-state index is 12.1. The summed E-state index contributed by atoms with van der Waals surface area (Å²) in [6.07, 6.45) is 5.34. The van der Waals surface area contributed by atoms with Gasteiger partial charge >= 0.3 is 0 Å². The largest absolute Gasteiger partial charge is 0.383 e. The Bertz CT molecular complexity index is 680. The third-order valence-corrected chi connectivity index (χ3v) is 3.48. The second kappa shape index (κ2) is 8.41. The van der Waals surface area contributed by atoms with Crippen molar-refractivity contribution in [2.45, 2.75) is 6.42 Å². The molecule has 0 radical (unpaired) electrons. The molecule has 0 N–H and O–H groups in total. The van der Waals surface area contributed by atoms with Crippen molar-refractivity contribution < 1.29 is 14.3 Å². The van der Waals surface area contributed by atoms with Crippen molar-refractivity contribution in [3.8, 4) is 0 Å². The molecule has 1 aromatic rings. The number of benzene rings is 1. The van der Waals surface area contributed by atoms with Gasteiger partial charge < -0.3 is 4.74 Å². The molecule has 0 atom stereocenters. The summed E-state index contributed by atoms with van der Waals surface area (Å²) < 4.78 is 4.91. The predicted octanol–water partition coefficient (Wildman–Crippen LogP) is 2.93. The number of aliphatic imine (C=N–C) groups is 1. The number of rotatable bonds is 6. The lowest BCUT2D eigenvalue weighted by molar-refractivity contribution is -0.138. The summed E-state index contributed by atoms with van der Waals surface area (Å²) in [5.41, 5.74) is 3.28. The minimum Gasteiger partial charge on any atom is -0.383 e. The van der Waals surface area contributed by atoms with Crippen LogP contribution in [0.15, 0.2) is 47.0 Å². The van der Waals surface area contributed by atoms with Crippen molar-refractivity contribution in [2.24, 2.45) is 4.99 Å². The summed E-state index contributed by atoms with van der Waals surface area (Å²) >= 11 is 5.51. The fourth-order valence-corrected chi connectivity index (χ4v) is 2.33. The summed E-state index contributed by atoms with van der Waals surface area (Å²) in [7, 11) is 1.53. The molecule has 6 heteroatoms. The minimum atomic E-state index is -0.260. The molecule has 1 aliphatic heterocycles. The summed E-state index contributed by atoms with van der Waals surface area (Å²) in [5, 5.41) is 0. The van der Waals surface area contributed by atoms with Crippen LogP contribution in [0.3, 0.4) is 0 Å². The highest BCUT2D eigenvalue weighted by atomic mass is 35.5. The quantitative estimate of drug-likeness (QED) is 0.457. The maximum absolute atomic E-state index is 12.1. The van der Waals surface area contributed by atoms with Crippen LogP contribution in [0.4, 0.5) is 5.69 Å². The zero-order valence-electron chi connectivity index (χ0n) is 12.7. The van der Waals surface area contributed by atoms with Gasteiger partial charge in [0, 0.05) is 18.2 Å². The van der Waals surface area contributed by atoms with Crippen LogP contribution in [-0.4, -0.2) is 42.6 Å². The molecule has 120 valence electrons. The van der Waals surface area contributed by atoms with Crippen LogP contribution in [0.5, 0.6) is 0 Å². The average molecular weight is 333 g/mol. The van der Waals surface area contributed by atoms with Crippen LogP contribution >= 0.6 is 11.6 Å². The molecular formula is C17H17ClN2O3. The summed E-state index contributed by atoms with van der Waals surface area (Å²) in [5.74, 6) is -0.456. The van der Waals surface area contributed by atoms with Crippen LogP contribution in [-0.2, 0) is 14.3 Å². The van der Waals surface area contributed by atoms with E-state index < -0.39 is 0 Å². The first-order chi connectivity index (χ1) is 11.2. The third-order valence-electron chi connectivity index (χ3n) is 3.38. The van der Waals surface area contributed by atoms with E-state index in [1.807, 2.05) is 30.3 Å². The molecule has 1 fully saturated rings. The Kier molecular flexibility index (Phi) is 6.26. The van der Waals surface area contributed by atoms with Gasteiger partial charge in [0.15, 0.2) is 0 Å². The van der Waals surface area contributed by atoms with Gasteiger partial charge in [0.1, 0.15) is 0 Å². The zero-order valence-corrected chi connectivity index (χ0v) is 13.5. The number of halogens is 1. The van der Waals surface area contributed by atoms with E-state index in [4.69, 9.17) is 16.3 Å². The van der Waals surface area contributed by atoms with E-state index in [0.717, 1.165) is 11.3 Å². The fourth-order valence-electron chi connectivity index (χ4n) is 2.23. The Morgan fingerprint density at radius 2 is 2.13 bits per heavy atom. The smallest absolute Gasteiger partial charge is 0.256 e. The Morgan fingerprint density at radius 1 is 1.35 bits per heavy atom. The molecule has 0 aromatic heterocycles. The SMILES string of the molecule is COCCN1C(=O)C/C(=C/C=C/c2ccccc2N=CCl)C1=O. The summed E-state index contributed by atoms with van der Waals surface area (Å²) in [4.78, 5) is 29.2. The lowest BCUT2D eigenvalue weighted by atomic mass is 10.1. The highest BCUT2D eigenvalue weighted by Crippen LogP contribution is 2.21. The molecule has 0 unspecified atom stereocenters. The fraction of sp³-hybridized carbons (Fsp3) is 0.235. The Morgan fingerprint density at radius 3 is 2.87 bits per heavy atom. The number of likely N-dealkylation sites (tertiary alicyclic amines) is 1. The van der Waals surface area contributed by atoms with Crippen LogP contribution in [0, 0.1) is 0 Å². The van der Waals surface area contributed by atoms with Crippen molar-refractivity contribution in [3.63, 3.8) is 0 Å². The first kappa shape index (κ1) is 17.1. The van der Waals surface area contributed by atoms with Gasteiger partial charge in [-0.1, -0.05) is 48.0 Å². The zero-order chi connectivity index (χ0) is 16.7. The number of amides is 2. The molecule has 2 amide bonds. The van der Waals surface area contributed by atoms with Crippen LogP contribution in [0.2, 0.25) is 0 Å². The van der Waals surface area contributed by atoms with Gasteiger partial charge in [0.2, 0.25) is 5.91 Å². The highest BCUT2D eigenvalue weighted by Gasteiger charge is 2.32. The predicted molar refractivity (Wildman–Crippen MR) is 90.8 cm³/mol. The first-order valence-electron chi connectivity index (χ1n) is 7.10. The molecule has 0 spiro atoms. The van der Waals surface area contributed by atoms with E-state index >= 15 is 0 Å². The molecule has 1 heterocycles. The second-order valence-corrected chi connectivity index (χ2v) is 5.05. The van der Waals surface area contributed by atoms with Crippen molar-refractivity contribution >= 4 is 40.9 Å². The van der Waals surface area contributed by atoms with Gasteiger partial charge in [-0.15, -0.1) is 0 Å². The summed E-state index contributed by atoms with van der Waals surface area (Å²) in [6, 6.07) is 7.47. The second-order valence-electron chi connectivity index (χ2n) is 4.86. The number of hydrogen-bond donors (Lipinski definition) is 0. The molecule has 1 saturated heterocycles. The number of para-hydroxylation sites is 1. The maximum Gasteiger partial charge on any atom is 0.256 e. The number of nitrogens with zero attached hydrogens (tertiary/aromatic N) is 2. The van der Waals surface area contributed by atoms with E-state index in [-0.39, 0.29) is 24.8 Å². The molecule has 23 heavy (non-hydrogen) atoms. The van der Waals surface area contributed by atoms with Gasteiger partial charge in [-0.2, -0.15) is 0 Å². The number of ether oxygens (including phenoxy) is 1. The molecular weight excluding hydrogens is 316 g/mol. The van der Waals surface area contributed by atoms with Gasteiger partial charge in [-0.05, 0) is 6.07 Å². The molecule has 5 nitrogen and oxygen atoms in total. The average Bonchev–Trinajstić information content (AvgIpc) is 2.81. The topological polar surface area (TPSA) is 59.0 Å². The van der Waals surface area contributed by atoms with Crippen molar-refractivity contribution in [1.29, 1.82) is 0 Å². The van der Waals surface area contributed by atoms with Gasteiger partial charge in [-0.25, -0.2) is 4.99 Å². The number of carbonyl (C=O) groups is 2. The molecule has 0 aliphatic carbocycles. The number of hydrogen-bond acceptors (Lipinski definition) is 4. The Labute approximate surface area is 139 Å². The Hall–Kier alpha value is -2.24. The number of imide groups is 1. The third kappa shape index (κ3) is 4.37. The molecule has 1 aliphatic rings. The lowest BCUT2D eigenvalue weighted by Crippen LogP contribution is -2.32. The summed E-state index contributed by atoms with van der Waals surface area (Å²) in [6.45, 7) is 0.618. The highest BCUT2D eigenvalue weighted by molar-refractivity contribution is 6.56. The molecule has 0 bridgehead atoms. The van der Waals surface area contributed by atoms with Crippen LogP contribution < -0.4 is 0 Å². The van der Waals surface area contributed by atoms with Gasteiger partial charge in [-0.3, -0.25) is 14.5 Å². The number of allylic oxidation sites excluding steroid dienone is 2. The molecule has 1 aromatic carbocycles. The van der Waals surface area contributed by atoms with E-state index in [1.165, 1.54) is 17.7 Å². The van der Waals surface area contributed by atoms with E-state index in [9.17, 15) is 9.59 Å². The van der Waals surface area contributed by atoms with E-state index in [2.05, 4.69) is 4.99 Å². The Balaban J connectivity index is 2.12. The van der Waals surface area contributed by atoms with E-state index in [1.54, 1.807) is 12.2 Å². The van der Waals surface area contributed by atoms with Gasteiger partial charge in [0.25, 0.3) is 5.91 Å².